The van der Waals surface area contributed by atoms with Gasteiger partial charge in [-0.2, -0.15) is 0 Å². The van der Waals surface area contributed by atoms with E-state index in [1.165, 1.54) is 4.90 Å². The molecule has 0 radical (unpaired) electrons. The second kappa shape index (κ2) is 6.37. The van der Waals surface area contributed by atoms with Crippen LogP contribution in [0.3, 0.4) is 0 Å². The first-order chi connectivity index (χ1) is 10.1. The number of para-hydroxylation sites is 1. The van der Waals surface area contributed by atoms with Crippen LogP contribution in [0.4, 0.5) is 0 Å². The van der Waals surface area contributed by atoms with Gasteiger partial charge in [0.2, 0.25) is 0 Å². The molecule has 2 N–H and O–H groups in total. The van der Waals surface area contributed by atoms with Crippen LogP contribution in [-0.2, 0) is 0 Å². The Kier molecular flexibility index (Phi) is 4.55. The van der Waals surface area contributed by atoms with Gasteiger partial charge in [0.15, 0.2) is 0 Å². The lowest BCUT2D eigenvalue weighted by molar-refractivity contribution is 0.0740. The fourth-order valence-corrected chi connectivity index (χ4v) is 2.38. The Morgan fingerprint density at radius 1 is 1.43 bits per heavy atom. The average Bonchev–Trinajstić information content (AvgIpc) is 2.47. The summed E-state index contributed by atoms with van der Waals surface area (Å²) in [5.41, 5.74) is 1.05. The molecule has 0 aliphatic carbocycles. The summed E-state index contributed by atoms with van der Waals surface area (Å²) in [5.74, 6) is -0.395. The minimum absolute atomic E-state index is 0.115. The van der Waals surface area contributed by atoms with Crippen molar-refractivity contribution in [3.05, 3.63) is 58.4 Å². The largest absolute Gasteiger partial charge is 0.395 e. The summed E-state index contributed by atoms with van der Waals surface area (Å²) in [5, 5.41) is 9.89. The summed E-state index contributed by atoms with van der Waals surface area (Å²) in [6.45, 7) is 5.64. The Balaban J connectivity index is 2.57. The molecule has 1 aromatic heterocycles. The molecule has 0 aliphatic rings. The van der Waals surface area contributed by atoms with E-state index in [2.05, 4.69) is 11.6 Å². The van der Waals surface area contributed by atoms with Crippen molar-refractivity contribution in [1.82, 2.24) is 9.88 Å². The first kappa shape index (κ1) is 15.0. The van der Waals surface area contributed by atoms with E-state index in [9.17, 15) is 9.59 Å². The summed E-state index contributed by atoms with van der Waals surface area (Å²) < 4.78 is 0. The molecule has 1 amide bonds. The highest BCUT2D eigenvalue weighted by atomic mass is 16.3. The van der Waals surface area contributed by atoms with Crippen LogP contribution >= 0.6 is 0 Å². The molecular formula is C16H18N2O3. The number of nitrogens with one attached hydrogen (secondary N) is 1. The highest BCUT2D eigenvalue weighted by Crippen LogP contribution is 2.18. The van der Waals surface area contributed by atoms with E-state index in [0.29, 0.717) is 11.1 Å². The molecule has 21 heavy (non-hydrogen) atoms. The van der Waals surface area contributed by atoms with Gasteiger partial charge in [0, 0.05) is 24.0 Å². The third kappa shape index (κ3) is 2.87. The molecule has 110 valence electrons. The lowest BCUT2D eigenvalue weighted by Crippen LogP contribution is -2.37. The van der Waals surface area contributed by atoms with E-state index in [1.54, 1.807) is 19.1 Å². The quantitative estimate of drug-likeness (QED) is 0.817. The number of aromatic nitrogens is 1. The summed E-state index contributed by atoms with van der Waals surface area (Å²) in [4.78, 5) is 28.9. The van der Waals surface area contributed by atoms with Crippen LogP contribution in [-0.4, -0.2) is 40.6 Å². The number of aliphatic hydroxyl groups excluding tert-OH is 1. The SMILES string of the molecule is C=CCN(CCO)C(=O)c1c(C)c2ccccc2[nH]c1=O. The number of rotatable bonds is 5. The van der Waals surface area contributed by atoms with E-state index in [4.69, 9.17) is 5.11 Å². The molecule has 5 nitrogen and oxygen atoms in total. The van der Waals surface area contributed by atoms with Gasteiger partial charge < -0.3 is 15.0 Å². The first-order valence-electron chi connectivity index (χ1n) is 6.72. The second-order valence-electron chi connectivity index (χ2n) is 4.76. The lowest BCUT2D eigenvalue weighted by Gasteiger charge is -2.20. The number of carbonyl (C=O) groups is 1. The van der Waals surface area contributed by atoms with Gasteiger partial charge in [-0.15, -0.1) is 6.58 Å². The van der Waals surface area contributed by atoms with Crippen molar-refractivity contribution >= 4 is 16.8 Å². The van der Waals surface area contributed by atoms with Gasteiger partial charge in [0.05, 0.1) is 6.61 Å². The molecule has 0 atom stereocenters. The van der Waals surface area contributed by atoms with E-state index in [1.807, 2.05) is 18.2 Å². The fourth-order valence-electron chi connectivity index (χ4n) is 2.38. The normalized spacial score (nSPS) is 10.6. The van der Waals surface area contributed by atoms with Crippen molar-refractivity contribution < 1.29 is 9.90 Å². The van der Waals surface area contributed by atoms with Crippen LogP contribution in [0.15, 0.2) is 41.7 Å². The van der Waals surface area contributed by atoms with Gasteiger partial charge in [-0.25, -0.2) is 0 Å². The Morgan fingerprint density at radius 3 is 2.81 bits per heavy atom. The monoisotopic (exact) mass is 286 g/mol. The number of H-pyrrole nitrogens is 1. The molecular weight excluding hydrogens is 268 g/mol. The van der Waals surface area contributed by atoms with Gasteiger partial charge >= 0.3 is 0 Å². The van der Waals surface area contributed by atoms with Gasteiger partial charge in [-0.1, -0.05) is 24.3 Å². The fraction of sp³-hybridized carbons (Fsp3) is 0.250. The van der Waals surface area contributed by atoms with E-state index >= 15 is 0 Å². The van der Waals surface area contributed by atoms with Crippen LogP contribution in [0.5, 0.6) is 0 Å². The average molecular weight is 286 g/mol. The Morgan fingerprint density at radius 2 is 2.14 bits per heavy atom. The van der Waals surface area contributed by atoms with Crippen molar-refractivity contribution in [3.8, 4) is 0 Å². The maximum Gasteiger partial charge on any atom is 0.261 e. The number of benzene rings is 1. The first-order valence-corrected chi connectivity index (χ1v) is 6.72. The zero-order valence-electron chi connectivity index (χ0n) is 11.9. The van der Waals surface area contributed by atoms with E-state index in [0.717, 1.165) is 5.39 Å². The Hall–Kier alpha value is -2.40. The molecule has 0 bridgehead atoms. The number of aliphatic hydroxyl groups is 1. The minimum atomic E-state index is -0.414. The molecule has 0 spiro atoms. The number of pyridine rings is 1. The van der Waals surface area contributed by atoms with Crippen LogP contribution in [0.2, 0.25) is 0 Å². The topological polar surface area (TPSA) is 73.4 Å². The molecule has 0 fully saturated rings. The number of amides is 1. The molecule has 0 saturated carbocycles. The zero-order valence-corrected chi connectivity index (χ0v) is 11.9. The maximum atomic E-state index is 12.6. The standard InChI is InChI=1S/C16H18N2O3/c1-3-8-18(9-10-19)16(21)14-11(2)12-6-4-5-7-13(12)17-15(14)20/h3-7,19H,1,8-10H2,2H3,(H,17,20). The van der Waals surface area contributed by atoms with Gasteiger partial charge in [-0.05, 0) is 18.6 Å². The number of aryl methyl sites for hydroxylation is 1. The van der Waals surface area contributed by atoms with Crippen LogP contribution < -0.4 is 5.56 Å². The highest BCUT2D eigenvalue weighted by molar-refractivity contribution is 5.99. The van der Waals surface area contributed by atoms with Gasteiger partial charge in [0.25, 0.3) is 11.5 Å². The Labute approximate surface area is 122 Å². The molecule has 2 aromatic rings. The molecule has 0 saturated heterocycles. The predicted octanol–water partition coefficient (Wildman–Crippen LogP) is 1.46. The smallest absolute Gasteiger partial charge is 0.261 e. The number of fused-ring (bicyclic) bond motifs is 1. The van der Waals surface area contributed by atoms with Crippen molar-refractivity contribution in [1.29, 1.82) is 0 Å². The van der Waals surface area contributed by atoms with E-state index in [-0.39, 0.29) is 25.3 Å². The molecule has 0 aliphatic heterocycles. The molecule has 1 heterocycles. The van der Waals surface area contributed by atoms with E-state index < -0.39 is 11.5 Å². The predicted molar refractivity (Wildman–Crippen MR) is 82.5 cm³/mol. The van der Waals surface area contributed by atoms with Crippen LogP contribution in [0.1, 0.15) is 15.9 Å². The lowest BCUT2D eigenvalue weighted by atomic mass is 10.0. The molecule has 2 rings (SSSR count). The Bertz CT molecular complexity index is 734. The van der Waals surface area contributed by atoms with Gasteiger partial charge in [0.1, 0.15) is 5.56 Å². The number of hydrogen-bond acceptors (Lipinski definition) is 3. The van der Waals surface area contributed by atoms with Crippen LogP contribution in [0.25, 0.3) is 10.9 Å². The van der Waals surface area contributed by atoms with Crippen molar-refractivity contribution in [2.24, 2.45) is 0 Å². The number of aromatic amines is 1. The number of nitrogens with zero attached hydrogens (tertiary/aromatic N) is 1. The van der Waals surface area contributed by atoms with Crippen molar-refractivity contribution in [3.63, 3.8) is 0 Å². The highest BCUT2D eigenvalue weighted by Gasteiger charge is 2.21. The molecule has 1 aromatic carbocycles. The molecule has 0 unspecified atom stereocenters. The maximum absolute atomic E-state index is 12.6. The number of carbonyl (C=O) groups excluding carboxylic acids is 1. The molecule has 5 heteroatoms. The summed E-state index contributed by atoms with van der Waals surface area (Å²) in [6.07, 6.45) is 1.57. The summed E-state index contributed by atoms with van der Waals surface area (Å²) in [7, 11) is 0. The number of hydrogen-bond donors (Lipinski definition) is 2. The second-order valence-corrected chi connectivity index (χ2v) is 4.76. The minimum Gasteiger partial charge on any atom is -0.395 e. The zero-order chi connectivity index (χ0) is 15.4. The van der Waals surface area contributed by atoms with Gasteiger partial charge in [-0.3, -0.25) is 9.59 Å². The van der Waals surface area contributed by atoms with Crippen LogP contribution in [0, 0.1) is 6.92 Å². The third-order valence-electron chi connectivity index (χ3n) is 3.40. The summed E-state index contributed by atoms with van der Waals surface area (Å²) >= 11 is 0. The van der Waals surface area contributed by atoms with Crippen molar-refractivity contribution in [2.45, 2.75) is 6.92 Å². The summed E-state index contributed by atoms with van der Waals surface area (Å²) in [6, 6.07) is 7.35. The van der Waals surface area contributed by atoms with Crippen molar-refractivity contribution in [2.75, 3.05) is 19.7 Å². The third-order valence-corrected chi connectivity index (χ3v) is 3.40.